The monoisotopic (exact) mass is 707 g/mol. The summed E-state index contributed by atoms with van der Waals surface area (Å²) in [6.07, 6.45) is 7.57. The quantitative estimate of drug-likeness (QED) is 0.263. The van der Waals surface area contributed by atoms with Gasteiger partial charge in [0.2, 0.25) is 27.7 Å². The Morgan fingerprint density at radius 3 is 2.44 bits per heavy atom. The number of hydrogen-bond acceptors (Lipinski definition) is 9. The van der Waals surface area contributed by atoms with Crippen LogP contribution in [-0.2, 0) is 29.2 Å². The van der Waals surface area contributed by atoms with Crippen LogP contribution in [0.1, 0.15) is 85.0 Å². The molecule has 1 aliphatic heterocycles. The van der Waals surface area contributed by atoms with Crippen LogP contribution in [0.15, 0.2) is 43.1 Å². The third-order valence-corrected chi connectivity index (χ3v) is 13.1. The first-order valence-corrected chi connectivity index (χ1v) is 19.4. The molecule has 6 rings (SSSR count). The Balaban J connectivity index is 1.28. The third kappa shape index (κ3) is 7.31. The zero-order chi connectivity index (χ0) is 36.0. The number of sulfonamides is 1. The number of fused-ring (bicyclic) bond motifs is 1. The van der Waals surface area contributed by atoms with Crippen molar-refractivity contribution < 1.29 is 37.1 Å². The average molecular weight is 708 g/mol. The molecule has 0 bridgehead atoms. The molecule has 1 saturated heterocycles. The van der Waals surface area contributed by atoms with E-state index in [-0.39, 0.29) is 55.1 Å². The van der Waals surface area contributed by atoms with E-state index < -0.39 is 50.1 Å². The first kappa shape index (κ1) is 36.0. The van der Waals surface area contributed by atoms with Crippen LogP contribution in [0.2, 0.25) is 0 Å². The van der Waals surface area contributed by atoms with Crippen LogP contribution >= 0.6 is 0 Å². The van der Waals surface area contributed by atoms with Crippen LogP contribution in [0.4, 0.5) is 0 Å². The number of Topliss-reactive ketones (excluding diaryl/α,β-unsaturated/α-hetero) is 2. The lowest BCUT2D eigenvalue weighted by Gasteiger charge is -2.35. The fraction of sp³-hybridized carbons (Fsp3) is 0.605. The summed E-state index contributed by atoms with van der Waals surface area (Å²) in [6, 6.07) is 6.43. The van der Waals surface area contributed by atoms with Crippen molar-refractivity contribution in [1.29, 1.82) is 0 Å². The summed E-state index contributed by atoms with van der Waals surface area (Å²) < 4.78 is 39.5. The molecule has 2 heterocycles. The second-order valence-electron chi connectivity index (χ2n) is 15.8. The van der Waals surface area contributed by atoms with Gasteiger partial charge in [-0.05, 0) is 73.1 Å². The van der Waals surface area contributed by atoms with Crippen molar-refractivity contribution in [3.05, 3.63) is 43.1 Å². The number of carbonyl (C=O) groups is 4. The van der Waals surface area contributed by atoms with Gasteiger partial charge in [0.05, 0.1) is 30.4 Å². The largest absolute Gasteiger partial charge is 0.497 e. The number of hydrogen-bond donors (Lipinski definition) is 1. The molecule has 1 aromatic carbocycles. The van der Waals surface area contributed by atoms with Gasteiger partial charge in [-0.2, -0.15) is 0 Å². The lowest BCUT2D eigenvalue weighted by molar-refractivity contribution is -0.146. The summed E-state index contributed by atoms with van der Waals surface area (Å²) >= 11 is 0. The number of methoxy groups -OCH3 is 1. The number of nitrogens with zero attached hydrogens (tertiary/aromatic N) is 2. The minimum Gasteiger partial charge on any atom is -0.497 e. The molecule has 12 heteroatoms. The van der Waals surface area contributed by atoms with E-state index in [9.17, 15) is 27.6 Å². The SMILES string of the molecule is C=C[C@@H]1C[C@]1(CC(=O)[C@@H]1CC(Oc2nccc3cc(OC)ccc23)CN1C(=O)[C@@H](CC(=O)C1CCCC1)C(C)(C)C)C(=O)NS(=O)(=O)C1CC1. The van der Waals surface area contributed by atoms with Crippen molar-refractivity contribution in [2.75, 3.05) is 13.7 Å². The van der Waals surface area contributed by atoms with Crippen LogP contribution in [0, 0.1) is 28.6 Å². The molecule has 0 radical (unpaired) electrons. The van der Waals surface area contributed by atoms with Gasteiger partial charge in [0.1, 0.15) is 17.6 Å². The summed E-state index contributed by atoms with van der Waals surface area (Å²) in [7, 11) is -2.24. The van der Waals surface area contributed by atoms with E-state index in [4.69, 9.17) is 9.47 Å². The van der Waals surface area contributed by atoms with Crippen molar-refractivity contribution in [2.45, 2.75) is 102 Å². The average Bonchev–Trinajstić information content (AvgIpc) is 3.94. The van der Waals surface area contributed by atoms with Crippen molar-refractivity contribution in [2.24, 2.45) is 28.6 Å². The highest BCUT2D eigenvalue weighted by molar-refractivity contribution is 7.90. The molecular weight excluding hydrogens is 658 g/mol. The predicted molar refractivity (Wildman–Crippen MR) is 188 cm³/mol. The molecule has 1 aromatic heterocycles. The number of ether oxygens (including phenoxy) is 2. The molecule has 2 amide bonds. The van der Waals surface area contributed by atoms with Gasteiger partial charge in [-0.25, -0.2) is 13.4 Å². The fourth-order valence-corrected chi connectivity index (χ4v) is 9.21. The molecule has 3 aliphatic carbocycles. The lowest BCUT2D eigenvalue weighted by Crippen LogP contribution is -2.48. The van der Waals surface area contributed by atoms with Crippen LogP contribution in [0.5, 0.6) is 11.6 Å². The second kappa shape index (κ2) is 13.7. The van der Waals surface area contributed by atoms with Crippen molar-refractivity contribution >= 4 is 44.2 Å². The van der Waals surface area contributed by atoms with Crippen molar-refractivity contribution in [1.82, 2.24) is 14.6 Å². The summed E-state index contributed by atoms with van der Waals surface area (Å²) in [5, 5.41) is 1.01. The Labute approximate surface area is 294 Å². The molecule has 2 aromatic rings. The third-order valence-electron chi connectivity index (χ3n) is 11.2. The number of carbonyl (C=O) groups excluding carboxylic acids is 4. The van der Waals surface area contributed by atoms with Gasteiger partial charge < -0.3 is 14.4 Å². The molecule has 4 aliphatic rings. The summed E-state index contributed by atoms with van der Waals surface area (Å²) in [6.45, 7) is 9.72. The Morgan fingerprint density at radius 1 is 1.10 bits per heavy atom. The van der Waals surface area contributed by atoms with E-state index >= 15 is 0 Å². The zero-order valence-electron chi connectivity index (χ0n) is 29.5. The maximum absolute atomic E-state index is 14.6. The van der Waals surface area contributed by atoms with Gasteiger partial charge in [0, 0.05) is 42.7 Å². The minimum atomic E-state index is -3.83. The Bertz CT molecular complexity index is 1790. The highest BCUT2D eigenvalue weighted by Crippen LogP contribution is 2.57. The molecule has 3 saturated carbocycles. The zero-order valence-corrected chi connectivity index (χ0v) is 30.3. The molecule has 270 valence electrons. The number of ketones is 2. The molecule has 5 atom stereocenters. The molecule has 4 fully saturated rings. The van der Waals surface area contributed by atoms with E-state index in [2.05, 4.69) is 16.3 Å². The lowest BCUT2D eigenvalue weighted by atomic mass is 9.75. The molecule has 1 N–H and O–H groups in total. The number of nitrogens with one attached hydrogen (secondary N) is 1. The van der Waals surface area contributed by atoms with Crippen molar-refractivity contribution in [3.63, 3.8) is 0 Å². The van der Waals surface area contributed by atoms with Crippen LogP contribution in [-0.4, -0.2) is 72.7 Å². The maximum Gasteiger partial charge on any atom is 0.240 e. The fourth-order valence-electron chi connectivity index (χ4n) is 7.83. The maximum atomic E-state index is 14.6. The Morgan fingerprint density at radius 2 is 1.82 bits per heavy atom. The topological polar surface area (TPSA) is 149 Å². The highest BCUT2D eigenvalue weighted by atomic mass is 32.2. The van der Waals surface area contributed by atoms with Crippen LogP contribution in [0.25, 0.3) is 10.8 Å². The first-order chi connectivity index (χ1) is 23.7. The summed E-state index contributed by atoms with van der Waals surface area (Å²) in [5.41, 5.74) is -1.83. The predicted octanol–water partition coefficient (Wildman–Crippen LogP) is 5.16. The first-order valence-electron chi connectivity index (χ1n) is 17.8. The molecule has 0 spiro atoms. The summed E-state index contributed by atoms with van der Waals surface area (Å²) in [4.78, 5) is 61.9. The van der Waals surface area contributed by atoms with E-state index in [0.717, 1.165) is 36.5 Å². The van der Waals surface area contributed by atoms with Gasteiger partial charge in [0.25, 0.3) is 0 Å². The normalized spacial score (nSPS) is 26.0. The van der Waals surface area contributed by atoms with E-state index in [1.54, 1.807) is 19.4 Å². The standard InChI is InChI=1S/C38H49N3O8S/c1-6-25-20-38(25,36(45)40-50(46,47)28-12-13-28)21-33(43)31-18-27(49-34-29-14-11-26(48-5)17-24(29)15-16-39-34)22-41(31)35(44)30(37(2,3)4)19-32(42)23-9-7-8-10-23/h6,11,14-17,23,25,27-28,30-31H,1,7-10,12-13,18-22H2,2-5H3,(H,40,45)/t25-,27?,30-,31+,38-/m1/s1. The van der Waals surface area contributed by atoms with Gasteiger partial charge in [0.15, 0.2) is 5.78 Å². The second-order valence-corrected chi connectivity index (χ2v) is 17.7. The smallest absolute Gasteiger partial charge is 0.240 e. The van der Waals surface area contributed by atoms with E-state index in [1.165, 1.54) is 4.90 Å². The number of rotatable bonds is 14. The number of likely N-dealkylation sites (tertiary alicyclic amines) is 1. The number of benzene rings is 1. The van der Waals surface area contributed by atoms with E-state index in [1.807, 2.05) is 45.0 Å². The Kier molecular flexibility index (Phi) is 9.89. The minimum absolute atomic E-state index is 0.0493. The highest BCUT2D eigenvalue weighted by Gasteiger charge is 2.61. The number of aromatic nitrogens is 1. The van der Waals surface area contributed by atoms with E-state index in [0.29, 0.717) is 30.9 Å². The molecular formula is C38H49N3O8S. The van der Waals surface area contributed by atoms with Gasteiger partial charge in [-0.15, -0.1) is 6.58 Å². The Hall–Kier alpha value is -3.80. The molecule has 1 unspecified atom stereocenters. The van der Waals surface area contributed by atoms with Gasteiger partial charge in [-0.1, -0.05) is 39.7 Å². The van der Waals surface area contributed by atoms with Gasteiger partial charge >= 0.3 is 0 Å². The number of amides is 2. The van der Waals surface area contributed by atoms with Crippen molar-refractivity contribution in [3.8, 4) is 11.6 Å². The molecule has 11 nitrogen and oxygen atoms in total. The number of pyridine rings is 1. The number of allylic oxidation sites excluding steroid dienone is 1. The van der Waals surface area contributed by atoms with Gasteiger partial charge in [-0.3, -0.25) is 23.9 Å². The molecule has 50 heavy (non-hydrogen) atoms. The van der Waals surface area contributed by atoms with Crippen LogP contribution in [0.3, 0.4) is 0 Å². The summed E-state index contributed by atoms with van der Waals surface area (Å²) in [5.74, 6) is -1.32. The van der Waals surface area contributed by atoms with Crippen LogP contribution < -0.4 is 14.2 Å².